The molecule has 11 atom stereocenters. The summed E-state index contributed by atoms with van der Waals surface area (Å²) in [4.78, 5) is 53.4. The van der Waals surface area contributed by atoms with Crippen molar-refractivity contribution < 1.29 is 59.9 Å². The number of guanidine groups is 1. The predicted octanol–water partition coefficient (Wildman–Crippen LogP) is -8.58. The molecule has 0 spiro atoms. The van der Waals surface area contributed by atoms with Crippen LogP contribution < -0.4 is 33.9 Å². The maximum atomic E-state index is 11.6. The number of amides is 2. The standard InChI is InChI=1S/C8H14N4O5.C8H12N4O5.C8H12N4O4/c2*9-7-10-2-12(8(16)11-7)6-5(15)4(14)3(1-13)17-6;9-7-10-3-12(8(15)11-7)6-1-4(14)5(2-13)16-6/h3-6,13-15H,1-2H2,(H3,9,10,11,16);2-6,13-15H,1H2,(H2,9,11,16);3-6,13-14H,1-2H2,(H2,9,11,15)/t2*3-,4-,5-,6-;4-,5+,6+/m110/s1. The maximum Gasteiger partial charge on any atom is 0.354 e. The number of nitrogens with two attached hydrogens (primary N) is 3. The first kappa shape index (κ1) is 38.3. The van der Waals surface area contributed by atoms with Crippen LogP contribution in [0.4, 0.5) is 16.7 Å². The Morgan fingerprint density at radius 3 is 1.68 bits per heavy atom. The Morgan fingerprint density at radius 1 is 0.720 bits per heavy atom. The van der Waals surface area contributed by atoms with Gasteiger partial charge in [-0.05, 0) is 0 Å². The Balaban J connectivity index is 0.000000169. The highest BCUT2D eigenvalue weighted by Gasteiger charge is 2.47. The minimum atomic E-state index is -1.35. The summed E-state index contributed by atoms with van der Waals surface area (Å²) < 4.78 is 17.6. The van der Waals surface area contributed by atoms with Gasteiger partial charge in [-0.25, -0.2) is 29.3 Å². The number of nitrogens with zero attached hydrogens (tertiary/aromatic N) is 8. The third-order valence-electron chi connectivity index (χ3n) is 7.69. The number of aliphatic imine (C=N–C) groups is 1. The van der Waals surface area contributed by atoms with Gasteiger partial charge < -0.3 is 72.3 Å². The summed E-state index contributed by atoms with van der Waals surface area (Å²) >= 11 is 0. The Labute approximate surface area is 279 Å². The van der Waals surface area contributed by atoms with Crippen LogP contribution >= 0.6 is 0 Å². The van der Waals surface area contributed by atoms with Gasteiger partial charge in [0.25, 0.3) is 0 Å². The van der Waals surface area contributed by atoms with E-state index in [4.69, 9.17) is 46.7 Å². The number of nitrogen functional groups attached to an aromatic ring is 2. The number of ether oxygens (including phenoxy) is 3. The molecule has 0 radical (unpaired) electrons. The number of rotatable bonds is 6. The number of anilines is 2. The lowest BCUT2D eigenvalue weighted by atomic mass is 10.1. The monoisotopic (exact) mass is 718 g/mol. The maximum absolute atomic E-state index is 11.6. The lowest BCUT2D eigenvalue weighted by Gasteiger charge is -2.31. The molecule has 0 aliphatic carbocycles. The summed E-state index contributed by atoms with van der Waals surface area (Å²) in [6, 6.07) is -0.577. The molecule has 0 bridgehead atoms. The Bertz CT molecular complexity index is 1610. The summed E-state index contributed by atoms with van der Waals surface area (Å²) in [5.41, 5.74) is 14.4. The van der Waals surface area contributed by atoms with Crippen LogP contribution in [0.1, 0.15) is 18.9 Å². The average molecular weight is 719 g/mol. The van der Waals surface area contributed by atoms with Gasteiger partial charge in [0.05, 0.1) is 25.9 Å². The highest BCUT2D eigenvalue weighted by molar-refractivity contribution is 5.96. The largest absolute Gasteiger partial charge is 0.394 e. The first-order valence-corrected chi connectivity index (χ1v) is 14.7. The highest BCUT2D eigenvalue weighted by atomic mass is 16.6. The van der Waals surface area contributed by atoms with Gasteiger partial charge >= 0.3 is 17.4 Å². The summed E-state index contributed by atoms with van der Waals surface area (Å²) in [5.74, 6) is -0.325. The molecule has 278 valence electrons. The van der Waals surface area contributed by atoms with Crippen LogP contribution in [-0.2, 0) is 14.2 Å². The number of hydrogen-bond donors (Lipinski definition) is 12. The number of aliphatic hydroxyl groups excluding tert-OH is 8. The number of aromatic nitrogens is 6. The van der Waals surface area contributed by atoms with Crippen molar-refractivity contribution in [2.24, 2.45) is 10.7 Å². The number of carbonyl (C=O) groups excluding carboxylic acids is 1. The van der Waals surface area contributed by atoms with Crippen LogP contribution in [0.5, 0.6) is 0 Å². The van der Waals surface area contributed by atoms with Crippen LogP contribution in [0.3, 0.4) is 0 Å². The first-order chi connectivity index (χ1) is 23.7. The van der Waals surface area contributed by atoms with Crippen LogP contribution in [-0.4, -0.2) is 168 Å². The summed E-state index contributed by atoms with van der Waals surface area (Å²) in [5, 5.41) is 76.9. The highest BCUT2D eigenvalue weighted by Crippen LogP contribution is 2.28. The fourth-order valence-corrected chi connectivity index (χ4v) is 5.01. The van der Waals surface area contributed by atoms with E-state index in [1.165, 1.54) is 6.33 Å². The molecule has 3 fully saturated rings. The van der Waals surface area contributed by atoms with Crippen molar-refractivity contribution >= 4 is 23.9 Å². The topological polar surface area (TPSA) is 408 Å². The third kappa shape index (κ3) is 8.45. The molecule has 26 heteroatoms. The van der Waals surface area contributed by atoms with Crippen molar-refractivity contribution in [3.05, 3.63) is 33.6 Å². The molecule has 4 aliphatic heterocycles. The second kappa shape index (κ2) is 16.5. The lowest BCUT2D eigenvalue weighted by molar-refractivity contribution is -0.0787. The van der Waals surface area contributed by atoms with E-state index in [0.717, 1.165) is 20.4 Å². The molecule has 0 unspecified atom stereocenters. The minimum Gasteiger partial charge on any atom is -0.394 e. The number of urea groups is 1. The molecular weight excluding hydrogens is 680 g/mol. The molecule has 26 nitrogen and oxygen atoms in total. The molecule has 0 saturated carbocycles. The van der Waals surface area contributed by atoms with Gasteiger partial charge in [-0.3, -0.25) is 19.4 Å². The number of carbonyl (C=O) groups is 1. The molecule has 6 heterocycles. The van der Waals surface area contributed by atoms with Gasteiger partial charge in [-0.2, -0.15) is 9.97 Å². The SMILES string of the molecule is NC1=NCN([C@@H]2O[C@H](CO)[C@@H](O)[C@H]2O)C(=O)N1.Nc1ncn([C@@H]2O[C@H](CO)[C@@H](O)[C@H]2O)c(=O)n1.Nc1ncn([C@H]2C[C@H](O)[C@@H](CO)O2)c(=O)n1. The van der Waals surface area contributed by atoms with Crippen LogP contribution in [0.2, 0.25) is 0 Å². The zero-order valence-corrected chi connectivity index (χ0v) is 25.9. The molecule has 6 rings (SSSR count). The van der Waals surface area contributed by atoms with Crippen molar-refractivity contribution in [1.82, 2.24) is 39.3 Å². The van der Waals surface area contributed by atoms with Gasteiger partial charge in [-0.15, -0.1) is 0 Å². The zero-order valence-electron chi connectivity index (χ0n) is 25.9. The van der Waals surface area contributed by atoms with Crippen molar-refractivity contribution in [2.45, 2.75) is 73.9 Å². The van der Waals surface area contributed by atoms with E-state index in [2.05, 4.69) is 30.2 Å². The van der Waals surface area contributed by atoms with Gasteiger partial charge in [0.1, 0.15) is 68.3 Å². The molecular formula is C24H38N12O14. The fraction of sp³-hybridized carbons (Fsp3) is 0.667. The second-order valence-electron chi connectivity index (χ2n) is 11.0. The smallest absolute Gasteiger partial charge is 0.354 e. The number of hydrogen-bond acceptors (Lipinski definition) is 22. The zero-order chi connectivity index (χ0) is 36.9. The minimum absolute atomic E-state index is 0.0157. The second-order valence-corrected chi connectivity index (χ2v) is 11.0. The van der Waals surface area contributed by atoms with Crippen LogP contribution in [0.25, 0.3) is 0 Å². The van der Waals surface area contributed by atoms with Gasteiger partial charge in [-0.1, -0.05) is 0 Å². The van der Waals surface area contributed by atoms with Gasteiger partial charge in [0, 0.05) is 6.42 Å². The van der Waals surface area contributed by atoms with Crippen LogP contribution in [0.15, 0.2) is 27.2 Å². The Hall–Kier alpha value is -4.48. The molecule has 3 saturated heterocycles. The van der Waals surface area contributed by atoms with Gasteiger partial charge in [0.2, 0.25) is 11.9 Å². The van der Waals surface area contributed by atoms with Crippen molar-refractivity contribution in [2.75, 3.05) is 38.0 Å². The Morgan fingerprint density at radius 2 is 1.22 bits per heavy atom. The third-order valence-corrected chi connectivity index (χ3v) is 7.69. The first-order valence-electron chi connectivity index (χ1n) is 14.7. The van der Waals surface area contributed by atoms with E-state index in [9.17, 15) is 39.9 Å². The molecule has 15 N–H and O–H groups in total. The predicted molar refractivity (Wildman–Crippen MR) is 161 cm³/mol. The van der Waals surface area contributed by atoms with E-state index < -0.39 is 98.1 Å². The average Bonchev–Trinajstić information content (AvgIpc) is 3.69. The fourth-order valence-electron chi connectivity index (χ4n) is 5.01. The van der Waals surface area contributed by atoms with Crippen molar-refractivity contribution in [3.63, 3.8) is 0 Å². The van der Waals surface area contributed by atoms with E-state index in [1.54, 1.807) is 0 Å². The van der Waals surface area contributed by atoms with E-state index in [0.29, 0.717) is 0 Å². The quantitative estimate of drug-likeness (QED) is 0.132. The number of aliphatic hydroxyl groups is 8. The molecule has 4 aliphatic rings. The van der Waals surface area contributed by atoms with Crippen molar-refractivity contribution in [3.8, 4) is 0 Å². The van der Waals surface area contributed by atoms with E-state index >= 15 is 0 Å². The molecule has 2 amide bonds. The molecule has 50 heavy (non-hydrogen) atoms. The van der Waals surface area contributed by atoms with Crippen molar-refractivity contribution in [1.29, 1.82) is 0 Å². The lowest BCUT2D eigenvalue weighted by Crippen LogP contribution is -2.56. The molecule has 2 aromatic heterocycles. The van der Waals surface area contributed by atoms with Gasteiger partial charge in [0.15, 0.2) is 18.4 Å². The summed E-state index contributed by atoms with van der Waals surface area (Å²) in [6.07, 6.45) is -8.94. The Kier molecular flexibility index (Phi) is 12.6. The molecule has 0 aromatic carbocycles. The van der Waals surface area contributed by atoms with E-state index in [-0.39, 0.29) is 37.6 Å². The van der Waals surface area contributed by atoms with E-state index in [1.807, 2.05) is 0 Å². The summed E-state index contributed by atoms with van der Waals surface area (Å²) in [6.45, 7) is -1.30. The van der Waals surface area contributed by atoms with Crippen LogP contribution in [0, 0.1) is 0 Å². The normalized spacial score (nSPS) is 33.5. The molecule has 2 aromatic rings. The summed E-state index contributed by atoms with van der Waals surface area (Å²) in [7, 11) is 0. The number of nitrogens with one attached hydrogen (secondary N) is 1.